The number of aryl methyl sites for hydroxylation is 1. The number of aliphatic imine (C=N–C) groups is 1. The Balaban J connectivity index is 1.90. The predicted octanol–water partition coefficient (Wildman–Crippen LogP) is 2.92. The summed E-state index contributed by atoms with van der Waals surface area (Å²) in [4.78, 5) is 9.08. The molecule has 0 radical (unpaired) electrons. The van der Waals surface area contributed by atoms with Crippen molar-refractivity contribution in [2.45, 2.75) is 13.0 Å². The van der Waals surface area contributed by atoms with E-state index in [9.17, 15) is 0 Å². The average Bonchev–Trinajstić information content (AvgIpc) is 2.97. The van der Waals surface area contributed by atoms with Crippen LogP contribution in [-0.2, 0) is 4.74 Å². The molecule has 1 atom stereocenters. The number of benzene rings is 1. The van der Waals surface area contributed by atoms with Crippen molar-refractivity contribution in [2.24, 2.45) is 4.99 Å². The number of hydrogen-bond acceptors (Lipinski definition) is 4. The van der Waals surface area contributed by atoms with E-state index in [1.54, 1.807) is 7.11 Å². The van der Waals surface area contributed by atoms with Gasteiger partial charge in [0, 0.05) is 17.8 Å². The van der Waals surface area contributed by atoms with Gasteiger partial charge in [-0.1, -0.05) is 30.3 Å². The Morgan fingerprint density at radius 2 is 2.00 bits per heavy atom. The number of nitrogens with zero attached hydrogens (tertiary/aromatic N) is 2. The van der Waals surface area contributed by atoms with Crippen molar-refractivity contribution >= 4 is 5.90 Å². The summed E-state index contributed by atoms with van der Waals surface area (Å²) in [5.41, 5.74) is 2.76. The minimum atomic E-state index is 0.0412. The number of rotatable bonds is 3. The Morgan fingerprint density at radius 1 is 1.20 bits per heavy atom. The summed E-state index contributed by atoms with van der Waals surface area (Å²) in [6.45, 7) is 2.48. The summed E-state index contributed by atoms with van der Waals surface area (Å²) < 4.78 is 10.9. The van der Waals surface area contributed by atoms with Crippen LogP contribution in [-0.4, -0.2) is 24.6 Å². The zero-order valence-electron chi connectivity index (χ0n) is 11.5. The molecule has 4 nitrogen and oxygen atoms in total. The number of aromatic nitrogens is 1. The topological polar surface area (TPSA) is 43.7 Å². The van der Waals surface area contributed by atoms with Crippen LogP contribution in [0.15, 0.2) is 47.5 Å². The molecule has 0 fully saturated rings. The van der Waals surface area contributed by atoms with E-state index in [0.29, 0.717) is 12.5 Å². The summed E-state index contributed by atoms with van der Waals surface area (Å²) in [6, 6.07) is 13.9. The third-order valence-electron chi connectivity index (χ3n) is 3.22. The zero-order chi connectivity index (χ0) is 13.9. The summed E-state index contributed by atoms with van der Waals surface area (Å²) in [7, 11) is 1.64. The van der Waals surface area contributed by atoms with E-state index in [2.05, 4.69) is 22.1 Å². The highest BCUT2D eigenvalue weighted by atomic mass is 16.5. The van der Waals surface area contributed by atoms with Crippen molar-refractivity contribution in [1.82, 2.24) is 4.98 Å². The lowest BCUT2D eigenvalue weighted by Gasteiger charge is -2.05. The van der Waals surface area contributed by atoms with Gasteiger partial charge in [-0.15, -0.1) is 0 Å². The van der Waals surface area contributed by atoms with Gasteiger partial charge < -0.3 is 9.47 Å². The van der Waals surface area contributed by atoms with Crippen LogP contribution in [0.4, 0.5) is 0 Å². The summed E-state index contributed by atoms with van der Waals surface area (Å²) in [5, 5.41) is 0. The minimum absolute atomic E-state index is 0.0412. The molecule has 1 aliphatic heterocycles. The Labute approximate surface area is 118 Å². The first-order chi connectivity index (χ1) is 9.76. The lowest BCUT2D eigenvalue weighted by Crippen LogP contribution is -2.05. The molecule has 0 spiro atoms. The maximum Gasteiger partial charge on any atom is 0.236 e. The van der Waals surface area contributed by atoms with Crippen LogP contribution in [0.1, 0.15) is 23.0 Å². The zero-order valence-corrected chi connectivity index (χ0v) is 11.5. The molecule has 20 heavy (non-hydrogen) atoms. The molecule has 1 aliphatic rings. The van der Waals surface area contributed by atoms with Crippen LogP contribution in [0.2, 0.25) is 0 Å². The van der Waals surface area contributed by atoms with Crippen LogP contribution >= 0.6 is 0 Å². The second kappa shape index (κ2) is 5.33. The molecular formula is C16H16N2O2. The van der Waals surface area contributed by atoms with Crippen LogP contribution in [0, 0.1) is 6.92 Å². The first kappa shape index (κ1) is 12.7. The molecule has 0 aliphatic carbocycles. The highest BCUT2D eigenvalue weighted by Crippen LogP contribution is 2.25. The monoisotopic (exact) mass is 268 g/mol. The number of methoxy groups -OCH3 is 1. The number of hydrogen-bond donors (Lipinski definition) is 0. The molecule has 0 unspecified atom stereocenters. The molecule has 0 saturated heterocycles. The Morgan fingerprint density at radius 3 is 2.75 bits per heavy atom. The van der Waals surface area contributed by atoms with Gasteiger partial charge in [0.2, 0.25) is 5.90 Å². The van der Waals surface area contributed by atoms with E-state index < -0.39 is 0 Å². The fraction of sp³-hybridized carbons (Fsp3) is 0.250. The van der Waals surface area contributed by atoms with Gasteiger partial charge in [0.05, 0.1) is 7.11 Å². The standard InChI is InChI=1S/C16H16N2O2/c1-11-8-13(19-2)9-14(17-11)16-18-15(10-20-16)12-6-4-3-5-7-12/h3-9,15H,10H2,1-2H3/t15-/m1/s1. The maximum atomic E-state index is 5.69. The lowest BCUT2D eigenvalue weighted by atomic mass is 10.1. The first-order valence-corrected chi connectivity index (χ1v) is 6.55. The van der Waals surface area contributed by atoms with Gasteiger partial charge in [-0.3, -0.25) is 0 Å². The molecule has 1 aromatic carbocycles. The lowest BCUT2D eigenvalue weighted by molar-refractivity contribution is 0.318. The fourth-order valence-corrected chi connectivity index (χ4v) is 2.22. The molecule has 4 heteroatoms. The van der Waals surface area contributed by atoms with Gasteiger partial charge in [0.25, 0.3) is 0 Å². The van der Waals surface area contributed by atoms with Gasteiger partial charge in [0.15, 0.2) is 0 Å². The third kappa shape index (κ3) is 2.50. The first-order valence-electron chi connectivity index (χ1n) is 6.55. The molecule has 102 valence electrons. The van der Waals surface area contributed by atoms with E-state index in [0.717, 1.165) is 22.7 Å². The van der Waals surface area contributed by atoms with Crippen LogP contribution < -0.4 is 4.74 Å². The second-order valence-electron chi connectivity index (χ2n) is 4.71. The van der Waals surface area contributed by atoms with Gasteiger partial charge >= 0.3 is 0 Å². The molecule has 0 bridgehead atoms. The van der Waals surface area contributed by atoms with Gasteiger partial charge in [-0.25, -0.2) is 9.98 Å². The predicted molar refractivity (Wildman–Crippen MR) is 77.2 cm³/mol. The normalized spacial score (nSPS) is 17.5. The van der Waals surface area contributed by atoms with Crippen LogP contribution in [0.25, 0.3) is 0 Å². The van der Waals surface area contributed by atoms with E-state index in [-0.39, 0.29) is 6.04 Å². The minimum Gasteiger partial charge on any atom is -0.497 e. The van der Waals surface area contributed by atoms with Crippen molar-refractivity contribution in [3.05, 3.63) is 59.4 Å². The number of ether oxygens (including phenoxy) is 2. The summed E-state index contributed by atoms with van der Waals surface area (Å²) in [6.07, 6.45) is 0. The second-order valence-corrected chi connectivity index (χ2v) is 4.71. The Bertz CT molecular complexity index is 638. The Hall–Kier alpha value is -2.36. The maximum absolute atomic E-state index is 5.69. The van der Waals surface area contributed by atoms with Crippen molar-refractivity contribution < 1.29 is 9.47 Å². The average molecular weight is 268 g/mol. The quantitative estimate of drug-likeness (QED) is 0.859. The van der Waals surface area contributed by atoms with E-state index in [4.69, 9.17) is 9.47 Å². The number of pyridine rings is 1. The van der Waals surface area contributed by atoms with Crippen molar-refractivity contribution in [3.8, 4) is 5.75 Å². The molecule has 1 aromatic heterocycles. The van der Waals surface area contributed by atoms with Gasteiger partial charge in [0.1, 0.15) is 24.1 Å². The van der Waals surface area contributed by atoms with E-state index in [1.165, 1.54) is 0 Å². The molecule has 0 N–H and O–H groups in total. The molecular weight excluding hydrogens is 252 g/mol. The summed E-state index contributed by atoms with van der Waals surface area (Å²) in [5.74, 6) is 1.35. The van der Waals surface area contributed by atoms with Crippen LogP contribution in [0.3, 0.4) is 0 Å². The van der Waals surface area contributed by atoms with Crippen molar-refractivity contribution in [1.29, 1.82) is 0 Å². The fourth-order valence-electron chi connectivity index (χ4n) is 2.22. The van der Waals surface area contributed by atoms with Crippen molar-refractivity contribution in [3.63, 3.8) is 0 Å². The smallest absolute Gasteiger partial charge is 0.236 e. The SMILES string of the molecule is COc1cc(C)nc(C2=N[C@@H](c3ccccc3)CO2)c1. The highest BCUT2D eigenvalue weighted by molar-refractivity contribution is 5.93. The van der Waals surface area contributed by atoms with E-state index in [1.807, 2.05) is 37.3 Å². The van der Waals surface area contributed by atoms with E-state index >= 15 is 0 Å². The molecule has 0 amide bonds. The molecule has 3 rings (SSSR count). The third-order valence-corrected chi connectivity index (χ3v) is 3.22. The molecule has 2 heterocycles. The largest absolute Gasteiger partial charge is 0.497 e. The molecule has 0 saturated carbocycles. The summed E-state index contributed by atoms with van der Waals surface area (Å²) >= 11 is 0. The van der Waals surface area contributed by atoms with Crippen molar-refractivity contribution in [2.75, 3.05) is 13.7 Å². The van der Waals surface area contributed by atoms with Crippen LogP contribution in [0.5, 0.6) is 5.75 Å². The Kier molecular flexibility index (Phi) is 3.37. The molecule has 2 aromatic rings. The highest BCUT2D eigenvalue weighted by Gasteiger charge is 2.22. The van der Waals surface area contributed by atoms with Gasteiger partial charge in [-0.05, 0) is 12.5 Å². The van der Waals surface area contributed by atoms with Gasteiger partial charge in [-0.2, -0.15) is 0 Å².